The molecule has 1 amide bonds. The second-order valence-corrected chi connectivity index (χ2v) is 5.61. The Balaban J connectivity index is 1.69. The lowest BCUT2D eigenvalue weighted by molar-refractivity contribution is 0.102. The van der Waals surface area contributed by atoms with Gasteiger partial charge in [-0.05, 0) is 30.3 Å². The van der Waals surface area contributed by atoms with E-state index < -0.39 is 0 Å². The molecule has 0 aliphatic carbocycles. The summed E-state index contributed by atoms with van der Waals surface area (Å²) < 4.78 is 5.32. The number of halogens is 1. The minimum atomic E-state index is -0.295. The van der Waals surface area contributed by atoms with Gasteiger partial charge in [-0.1, -0.05) is 11.6 Å². The van der Waals surface area contributed by atoms with Crippen molar-refractivity contribution in [2.75, 3.05) is 42.3 Å². The lowest BCUT2D eigenvalue weighted by Gasteiger charge is -2.27. The first-order valence-electron chi connectivity index (χ1n) is 7.28. The summed E-state index contributed by atoms with van der Waals surface area (Å²) in [7, 11) is 0. The smallest absolute Gasteiger partial charge is 0.257 e. The fraction of sp³-hybridized carbons (Fsp3) is 0.250. The fourth-order valence-corrected chi connectivity index (χ4v) is 2.63. The SMILES string of the molecule is Nc1ccc(C(=O)Nc2ccc(N3CCOCC3)nc2)c(Cl)c1. The number of nitrogens with two attached hydrogens (primary N) is 1. The van der Waals surface area contributed by atoms with Crippen molar-refractivity contribution in [3.05, 3.63) is 47.1 Å². The molecule has 0 saturated carbocycles. The van der Waals surface area contributed by atoms with Crippen molar-refractivity contribution in [3.63, 3.8) is 0 Å². The molecular formula is C16H17ClN4O2. The molecule has 1 aromatic heterocycles. The van der Waals surface area contributed by atoms with Gasteiger partial charge in [0.25, 0.3) is 5.91 Å². The van der Waals surface area contributed by atoms with E-state index in [1.54, 1.807) is 24.4 Å². The molecule has 6 nitrogen and oxygen atoms in total. The van der Waals surface area contributed by atoms with Gasteiger partial charge in [0.05, 0.1) is 35.7 Å². The second-order valence-electron chi connectivity index (χ2n) is 5.20. The molecule has 0 atom stereocenters. The summed E-state index contributed by atoms with van der Waals surface area (Å²) in [6, 6.07) is 8.49. The number of rotatable bonds is 3. The van der Waals surface area contributed by atoms with Crippen LogP contribution in [0.15, 0.2) is 36.5 Å². The molecule has 3 rings (SSSR count). The number of nitrogen functional groups attached to an aromatic ring is 1. The molecule has 1 saturated heterocycles. The Hall–Kier alpha value is -2.31. The molecule has 0 bridgehead atoms. The molecular weight excluding hydrogens is 316 g/mol. The van der Waals surface area contributed by atoms with E-state index in [1.807, 2.05) is 12.1 Å². The standard InChI is InChI=1S/C16H17ClN4O2/c17-14-9-11(18)1-3-13(14)16(22)20-12-2-4-15(19-10-12)21-5-7-23-8-6-21/h1-4,9-10H,5-8,18H2,(H,20,22). The largest absolute Gasteiger partial charge is 0.399 e. The van der Waals surface area contributed by atoms with E-state index >= 15 is 0 Å². The molecule has 1 aromatic carbocycles. The highest BCUT2D eigenvalue weighted by atomic mass is 35.5. The zero-order valence-corrected chi connectivity index (χ0v) is 13.2. The van der Waals surface area contributed by atoms with Crippen LogP contribution in [0.25, 0.3) is 0 Å². The Kier molecular flexibility index (Phi) is 4.64. The average molecular weight is 333 g/mol. The van der Waals surface area contributed by atoms with Crippen LogP contribution in [0.1, 0.15) is 10.4 Å². The van der Waals surface area contributed by atoms with Crippen molar-refractivity contribution in [3.8, 4) is 0 Å². The summed E-state index contributed by atoms with van der Waals surface area (Å²) in [6.07, 6.45) is 1.63. The minimum Gasteiger partial charge on any atom is -0.399 e. The number of aromatic nitrogens is 1. The van der Waals surface area contributed by atoms with Crippen molar-refractivity contribution in [2.45, 2.75) is 0 Å². The van der Waals surface area contributed by atoms with Crippen LogP contribution < -0.4 is 16.0 Å². The predicted octanol–water partition coefficient (Wildman–Crippen LogP) is 2.41. The first-order chi connectivity index (χ1) is 11.1. The zero-order valence-electron chi connectivity index (χ0n) is 12.5. The Morgan fingerprint density at radius 1 is 1.26 bits per heavy atom. The minimum absolute atomic E-state index is 0.295. The number of pyridine rings is 1. The topological polar surface area (TPSA) is 80.5 Å². The highest BCUT2D eigenvalue weighted by Gasteiger charge is 2.14. The molecule has 120 valence electrons. The third-order valence-corrected chi connectivity index (χ3v) is 3.89. The van der Waals surface area contributed by atoms with E-state index in [0.717, 1.165) is 18.9 Å². The van der Waals surface area contributed by atoms with Gasteiger partial charge in [0.1, 0.15) is 5.82 Å². The van der Waals surface area contributed by atoms with Gasteiger partial charge in [-0.15, -0.1) is 0 Å². The van der Waals surface area contributed by atoms with Gasteiger partial charge >= 0.3 is 0 Å². The molecule has 7 heteroatoms. The van der Waals surface area contributed by atoms with Crippen LogP contribution in [-0.4, -0.2) is 37.2 Å². The number of morpholine rings is 1. The van der Waals surface area contributed by atoms with Crippen molar-refractivity contribution in [1.82, 2.24) is 4.98 Å². The number of benzene rings is 1. The van der Waals surface area contributed by atoms with Crippen molar-refractivity contribution < 1.29 is 9.53 Å². The summed E-state index contributed by atoms with van der Waals surface area (Å²) in [6.45, 7) is 3.05. The van der Waals surface area contributed by atoms with Crippen LogP contribution in [0.4, 0.5) is 17.2 Å². The quantitative estimate of drug-likeness (QED) is 0.844. The average Bonchev–Trinajstić information content (AvgIpc) is 2.56. The molecule has 0 spiro atoms. The predicted molar refractivity (Wildman–Crippen MR) is 91.1 cm³/mol. The number of nitrogens with one attached hydrogen (secondary N) is 1. The highest BCUT2D eigenvalue weighted by Crippen LogP contribution is 2.21. The normalized spacial score (nSPS) is 14.6. The Bertz CT molecular complexity index is 700. The Morgan fingerprint density at radius 3 is 2.70 bits per heavy atom. The van der Waals surface area contributed by atoms with E-state index in [1.165, 1.54) is 0 Å². The number of hydrogen-bond acceptors (Lipinski definition) is 5. The molecule has 1 aliphatic rings. The molecule has 2 aromatic rings. The lowest BCUT2D eigenvalue weighted by atomic mass is 10.2. The number of anilines is 3. The van der Waals surface area contributed by atoms with Gasteiger partial charge in [0.2, 0.25) is 0 Å². The maximum absolute atomic E-state index is 12.2. The third-order valence-electron chi connectivity index (χ3n) is 3.58. The summed E-state index contributed by atoms with van der Waals surface area (Å²) in [5, 5.41) is 3.10. The van der Waals surface area contributed by atoms with E-state index in [-0.39, 0.29) is 5.91 Å². The molecule has 3 N–H and O–H groups in total. The van der Waals surface area contributed by atoms with E-state index in [2.05, 4.69) is 15.2 Å². The van der Waals surface area contributed by atoms with Crippen LogP contribution >= 0.6 is 11.6 Å². The van der Waals surface area contributed by atoms with Gasteiger partial charge in [-0.3, -0.25) is 4.79 Å². The van der Waals surface area contributed by atoms with Gasteiger partial charge < -0.3 is 20.7 Å². The highest BCUT2D eigenvalue weighted by molar-refractivity contribution is 6.34. The number of ether oxygens (including phenoxy) is 1. The molecule has 23 heavy (non-hydrogen) atoms. The van der Waals surface area contributed by atoms with E-state index in [9.17, 15) is 4.79 Å². The Labute approximate surface area is 139 Å². The van der Waals surface area contributed by atoms with Gasteiger partial charge in [-0.2, -0.15) is 0 Å². The van der Waals surface area contributed by atoms with Crippen molar-refractivity contribution in [2.24, 2.45) is 0 Å². The molecule has 0 unspecified atom stereocenters. The van der Waals surface area contributed by atoms with Gasteiger partial charge in [0, 0.05) is 18.8 Å². The number of nitrogens with zero attached hydrogens (tertiary/aromatic N) is 2. The van der Waals surface area contributed by atoms with Crippen molar-refractivity contribution >= 4 is 34.7 Å². The number of amides is 1. The maximum Gasteiger partial charge on any atom is 0.257 e. The Morgan fingerprint density at radius 2 is 2.04 bits per heavy atom. The monoisotopic (exact) mass is 332 g/mol. The number of carbonyl (C=O) groups is 1. The number of carbonyl (C=O) groups excluding carboxylic acids is 1. The van der Waals surface area contributed by atoms with E-state index in [0.29, 0.717) is 35.2 Å². The van der Waals surface area contributed by atoms with Crippen LogP contribution in [0.2, 0.25) is 5.02 Å². The first kappa shape index (κ1) is 15.6. The third kappa shape index (κ3) is 3.72. The van der Waals surface area contributed by atoms with Crippen LogP contribution in [0, 0.1) is 0 Å². The zero-order chi connectivity index (χ0) is 16.2. The fourth-order valence-electron chi connectivity index (χ4n) is 2.35. The molecule has 1 aliphatic heterocycles. The summed E-state index contributed by atoms with van der Waals surface area (Å²) in [5.74, 6) is 0.577. The van der Waals surface area contributed by atoms with Crippen LogP contribution in [0.3, 0.4) is 0 Å². The van der Waals surface area contributed by atoms with Crippen LogP contribution in [-0.2, 0) is 4.74 Å². The van der Waals surface area contributed by atoms with Crippen molar-refractivity contribution in [1.29, 1.82) is 0 Å². The van der Waals surface area contributed by atoms with Gasteiger partial charge in [0.15, 0.2) is 0 Å². The molecule has 2 heterocycles. The number of hydrogen-bond donors (Lipinski definition) is 2. The second kappa shape index (κ2) is 6.85. The summed E-state index contributed by atoms with van der Waals surface area (Å²) in [4.78, 5) is 18.8. The molecule has 0 radical (unpaired) electrons. The first-order valence-corrected chi connectivity index (χ1v) is 7.66. The maximum atomic E-state index is 12.2. The van der Waals surface area contributed by atoms with E-state index in [4.69, 9.17) is 22.1 Å². The van der Waals surface area contributed by atoms with Gasteiger partial charge in [-0.25, -0.2) is 4.98 Å². The molecule has 1 fully saturated rings. The summed E-state index contributed by atoms with van der Waals surface area (Å²) >= 11 is 6.04. The summed E-state index contributed by atoms with van der Waals surface area (Å²) in [5.41, 5.74) is 7.13. The lowest BCUT2D eigenvalue weighted by Crippen LogP contribution is -2.36. The van der Waals surface area contributed by atoms with Crippen LogP contribution in [0.5, 0.6) is 0 Å².